The molecule has 3 rings (SSSR count). The topological polar surface area (TPSA) is 76.5 Å². The number of nitrogens with zero attached hydrogens (tertiary/aromatic N) is 3. The van der Waals surface area contributed by atoms with E-state index >= 15 is 0 Å². The SMILES string of the molecule is CCCn1c(CNc2cc(Cl)ccc2OC)nc2cc(S(=O)(=O)N(C)C)ccc21. The minimum atomic E-state index is -3.52. The first-order valence-corrected chi connectivity index (χ1v) is 11.1. The summed E-state index contributed by atoms with van der Waals surface area (Å²) in [6.07, 6.45) is 0.927. The lowest BCUT2D eigenvalue weighted by atomic mass is 10.3. The third-order valence-corrected chi connectivity index (χ3v) is 6.67. The third kappa shape index (κ3) is 4.34. The van der Waals surface area contributed by atoms with Gasteiger partial charge in [0.25, 0.3) is 0 Å². The van der Waals surface area contributed by atoms with E-state index in [0.29, 0.717) is 22.8 Å². The van der Waals surface area contributed by atoms with Gasteiger partial charge in [-0.3, -0.25) is 0 Å². The zero-order valence-corrected chi connectivity index (χ0v) is 18.5. The molecule has 1 aromatic heterocycles. The lowest BCUT2D eigenvalue weighted by molar-refractivity contribution is 0.416. The van der Waals surface area contributed by atoms with Gasteiger partial charge in [0.1, 0.15) is 11.6 Å². The Kier molecular flexibility index (Phi) is 6.36. The van der Waals surface area contributed by atoms with Gasteiger partial charge < -0.3 is 14.6 Å². The van der Waals surface area contributed by atoms with Gasteiger partial charge in [0.2, 0.25) is 10.0 Å². The number of methoxy groups -OCH3 is 1. The second kappa shape index (κ2) is 8.61. The van der Waals surface area contributed by atoms with Crippen molar-refractivity contribution in [2.45, 2.75) is 31.3 Å². The molecule has 0 aliphatic heterocycles. The molecule has 1 heterocycles. The highest BCUT2D eigenvalue weighted by Crippen LogP contribution is 2.29. The van der Waals surface area contributed by atoms with E-state index in [1.807, 2.05) is 6.07 Å². The molecule has 0 atom stereocenters. The molecule has 0 saturated heterocycles. The van der Waals surface area contributed by atoms with Gasteiger partial charge in [0.05, 0.1) is 35.3 Å². The summed E-state index contributed by atoms with van der Waals surface area (Å²) in [5.41, 5.74) is 2.32. The molecular formula is C20H25ClN4O3S. The van der Waals surface area contributed by atoms with Gasteiger partial charge in [-0.2, -0.15) is 0 Å². The van der Waals surface area contributed by atoms with Crippen LogP contribution >= 0.6 is 11.6 Å². The van der Waals surface area contributed by atoms with Crippen molar-refractivity contribution in [1.29, 1.82) is 0 Å². The molecular weight excluding hydrogens is 412 g/mol. The first-order valence-electron chi connectivity index (χ1n) is 9.27. The van der Waals surface area contributed by atoms with E-state index in [0.717, 1.165) is 30.0 Å². The number of nitrogens with one attached hydrogen (secondary N) is 1. The van der Waals surface area contributed by atoms with Crippen LogP contribution in [-0.2, 0) is 23.1 Å². The zero-order chi connectivity index (χ0) is 21.2. The number of imidazole rings is 1. The Hall–Kier alpha value is -2.29. The van der Waals surface area contributed by atoms with Gasteiger partial charge >= 0.3 is 0 Å². The Morgan fingerprint density at radius 3 is 2.62 bits per heavy atom. The van der Waals surface area contributed by atoms with Crippen molar-refractivity contribution in [3.05, 3.63) is 47.2 Å². The molecule has 0 radical (unpaired) electrons. The molecule has 0 aliphatic carbocycles. The highest BCUT2D eigenvalue weighted by molar-refractivity contribution is 7.89. The van der Waals surface area contributed by atoms with Gasteiger partial charge in [-0.05, 0) is 42.8 Å². The van der Waals surface area contributed by atoms with E-state index in [1.54, 1.807) is 37.4 Å². The van der Waals surface area contributed by atoms with Crippen LogP contribution in [0.2, 0.25) is 5.02 Å². The van der Waals surface area contributed by atoms with Crippen LogP contribution in [0.1, 0.15) is 19.2 Å². The van der Waals surface area contributed by atoms with Crippen LogP contribution in [0.15, 0.2) is 41.3 Å². The molecule has 0 bridgehead atoms. The fraction of sp³-hybridized carbons (Fsp3) is 0.350. The van der Waals surface area contributed by atoms with Crippen molar-refractivity contribution in [3.63, 3.8) is 0 Å². The van der Waals surface area contributed by atoms with Gasteiger partial charge in [-0.1, -0.05) is 18.5 Å². The highest BCUT2D eigenvalue weighted by atomic mass is 35.5. The minimum Gasteiger partial charge on any atom is -0.495 e. The number of hydrogen-bond donors (Lipinski definition) is 1. The number of ether oxygens (including phenoxy) is 1. The summed E-state index contributed by atoms with van der Waals surface area (Å²) in [5.74, 6) is 1.50. The number of aryl methyl sites for hydroxylation is 1. The summed E-state index contributed by atoms with van der Waals surface area (Å²) >= 11 is 6.11. The maximum Gasteiger partial charge on any atom is 0.242 e. The van der Waals surface area contributed by atoms with Crippen LogP contribution in [0, 0.1) is 0 Å². The summed E-state index contributed by atoms with van der Waals surface area (Å²) in [6.45, 7) is 3.31. The molecule has 0 saturated carbocycles. The minimum absolute atomic E-state index is 0.229. The van der Waals surface area contributed by atoms with Crippen molar-refractivity contribution in [1.82, 2.24) is 13.9 Å². The molecule has 2 aromatic carbocycles. The van der Waals surface area contributed by atoms with Crippen LogP contribution in [-0.4, -0.2) is 43.5 Å². The number of sulfonamides is 1. The maximum absolute atomic E-state index is 12.5. The summed E-state index contributed by atoms with van der Waals surface area (Å²) in [4.78, 5) is 4.93. The summed E-state index contributed by atoms with van der Waals surface area (Å²) in [5, 5.41) is 3.93. The Balaban J connectivity index is 1.99. The van der Waals surface area contributed by atoms with E-state index in [9.17, 15) is 8.42 Å². The Morgan fingerprint density at radius 1 is 1.21 bits per heavy atom. The first kappa shape index (κ1) is 21.4. The Morgan fingerprint density at radius 2 is 1.97 bits per heavy atom. The molecule has 0 unspecified atom stereocenters. The predicted molar refractivity (Wildman–Crippen MR) is 116 cm³/mol. The van der Waals surface area contributed by atoms with Crippen LogP contribution in [0.5, 0.6) is 5.75 Å². The normalized spacial score (nSPS) is 11.9. The quantitative estimate of drug-likeness (QED) is 0.578. The molecule has 0 spiro atoms. The summed E-state index contributed by atoms with van der Waals surface area (Å²) in [7, 11) is 1.12. The highest BCUT2D eigenvalue weighted by Gasteiger charge is 2.19. The fourth-order valence-electron chi connectivity index (χ4n) is 3.13. The average molecular weight is 437 g/mol. The molecule has 0 fully saturated rings. The molecule has 3 aromatic rings. The number of fused-ring (bicyclic) bond motifs is 1. The Bertz CT molecular complexity index is 1130. The number of rotatable bonds is 8. The molecule has 0 aliphatic rings. The second-order valence-electron chi connectivity index (χ2n) is 6.82. The zero-order valence-electron chi connectivity index (χ0n) is 16.9. The van der Waals surface area contributed by atoms with Crippen LogP contribution < -0.4 is 10.1 Å². The van der Waals surface area contributed by atoms with Crippen molar-refractivity contribution in [2.24, 2.45) is 0 Å². The lowest BCUT2D eigenvalue weighted by Gasteiger charge is -2.13. The van der Waals surface area contributed by atoms with Crippen LogP contribution in [0.4, 0.5) is 5.69 Å². The second-order valence-corrected chi connectivity index (χ2v) is 9.40. The summed E-state index contributed by atoms with van der Waals surface area (Å²) < 4.78 is 33.6. The van der Waals surface area contributed by atoms with Gasteiger partial charge in [-0.15, -0.1) is 0 Å². The average Bonchev–Trinajstić information content (AvgIpc) is 3.03. The molecule has 7 nitrogen and oxygen atoms in total. The number of aromatic nitrogens is 2. The van der Waals surface area contributed by atoms with Gasteiger partial charge in [0.15, 0.2) is 0 Å². The third-order valence-electron chi connectivity index (χ3n) is 4.62. The lowest BCUT2D eigenvalue weighted by Crippen LogP contribution is -2.22. The molecule has 156 valence electrons. The number of anilines is 1. The molecule has 29 heavy (non-hydrogen) atoms. The van der Waals surface area contributed by atoms with Crippen molar-refractivity contribution in [2.75, 3.05) is 26.5 Å². The summed E-state index contributed by atoms with van der Waals surface area (Å²) in [6, 6.07) is 10.4. The van der Waals surface area contributed by atoms with Crippen LogP contribution in [0.25, 0.3) is 11.0 Å². The molecule has 9 heteroatoms. The van der Waals surface area contributed by atoms with Crippen LogP contribution in [0.3, 0.4) is 0 Å². The monoisotopic (exact) mass is 436 g/mol. The largest absolute Gasteiger partial charge is 0.495 e. The van der Waals surface area contributed by atoms with E-state index in [2.05, 4.69) is 16.8 Å². The van der Waals surface area contributed by atoms with E-state index < -0.39 is 10.0 Å². The van der Waals surface area contributed by atoms with Crippen molar-refractivity contribution >= 4 is 38.3 Å². The molecule has 0 amide bonds. The van der Waals surface area contributed by atoms with Gasteiger partial charge in [-0.25, -0.2) is 17.7 Å². The standard InChI is InChI=1S/C20H25ClN4O3S/c1-5-10-25-18-8-7-15(29(26,27)24(2)3)12-16(18)23-20(25)13-22-17-11-14(21)6-9-19(17)28-4/h6-9,11-12,22H,5,10,13H2,1-4H3. The first-order chi connectivity index (χ1) is 13.8. The van der Waals surface area contributed by atoms with Crippen molar-refractivity contribution in [3.8, 4) is 5.75 Å². The van der Waals surface area contributed by atoms with E-state index in [-0.39, 0.29) is 4.90 Å². The van der Waals surface area contributed by atoms with Gasteiger partial charge in [0, 0.05) is 25.7 Å². The maximum atomic E-state index is 12.5. The number of halogens is 1. The predicted octanol–water partition coefficient (Wildman–Crippen LogP) is 3.97. The number of benzene rings is 2. The van der Waals surface area contributed by atoms with E-state index in [4.69, 9.17) is 21.3 Å². The fourth-order valence-corrected chi connectivity index (χ4v) is 4.23. The van der Waals surface area contributed by atoms with E-state index in [1.165, 1.54) is 18.4 Å². The van der Waals surface area contributed by atoms with Crippen molar-refractivity contribution < 1.29 is 13.2 Å². The Labute approximate surface area is 176 Å². The number of hydrogen-bond acceptors (Lipinski definition) is 5. The smallest absolute Gasteiger partial charge is 0.242 e. The molecule has 1 N–H and O–H groups in total.